The summed E-state index contributed by atoms with van der Waals surface area (Å²) in [6.07, 6.45) is -1.07. The molecule has 0 aromatic heterocycles. The molecule has 0 fully saturated rings. The van der Waals surface area contributed by atoms with Gasteiger partial charge in [-0.2, -0.15) is 0 Å². The highest BCUT2D eigenvalue weighted by atomic mass is 35.5. The smallest absolute Gasteiger partial charge is 0.130 e. The molecule has 1 heterocycles. The molecule has 5 heteroatoms. The van der Waals surface area contributed by atoms with Gasteiger partial charge in [-0.3, -0.25) is 0 Å². The molecule has 2 nitrogen and oxygen atoms in total. The van der Waals surface area contributed by atoms with E-state index in [1.807, 2.05) is 0 Å². The summed E-state index contributed by atoms with van der Waals surface area (Å²) in [6.45, 7) is 0. The average Bonchev–Trinajstić information content (AvgIpc) is 2.42. The van der Waals surface area contributed by atoms with Gasteiger partial charge in [-0.05, 0) is 36.4 Å². The molecule has 2 aromatic rings. The molecule has 0 bridgehead atoms. The van der Waals surface area contributed by atoms with Gasteiger partial charge >= 0.3 is 0 Å². The first-order valence-electron chi connectivity index (χ1n) is 6.13. The standard InChI is InChI=1S/C15H11Cl2FO2/c16-8-1-3-12(18)10(5-8)15-7-13(19)11-6-9(17)2-4-14(11)20-15/h1-6,13,15,19H,7H2/t13-,15?/m0/s1. The Morgan fingerprint density at radius 2 is 1.70 bits per heavy atom. The molecule has 2 aromatic carbocycles. The third-order valence-electron chi connectivity index (χ3n) is 3.34. The fourth-order valence-corrected chi connectivity index (χ4v) is 2.73. The summed E-state index contributed by atoms with van der Waals surface area (Å²) in [4.78, 5) is 0. The van der Waals surface area contributed by atoms with Crippen molar-refractivity contribution in [2.75, 3.05) is 0 Å². The van der Waals surface area contributed by atoms with E-state index in [1.165, 1.54) is 18.2 Å². The summed E-state index contributed by atoms with van der Waals surface area (Å²) < 4.78 is 19.6. The molecule has 104 valence electrons. The number of rotatable bonds is 1. The first kappa shape index (κ1) is 13.7. The van der Waals surface area contributed by atoms with Gasteiger partial charge in [0.25, 0.3) is 0 Å². The van der Waals surface area contributed by atoms with E-state index in [9.17, 15) is 9.50 Å². The van der Waals surface area contributed by atoms with Gasteiger partial charge in [0.2, 0.25) is 0 Å². The molecule has 0 amide bonds. The number of halogens is 3. The molecule has 20 heavy (non-hydrogen) atoms. The molecule has 1 unspecified atom stereocenters. The Morgan fingerprint density at radius 1 is 1.05 bits per heavy atom. The number of hydrogen-bond donors (Lipinski definition) is 1. The van der Waals surface area contributed by atoms with Gasteiger partial charge < -0.3 is 9.84 Å². The van der Waals surface area contributed by atoms with Gasteiger partial charge in [0.1, 0.15) is 17.7 Å². The van der Waals surface area contributed by atoms with Crippen molar-refractivity contribution < 1.29 is 14.2 Å². The Hall–Kier alpha value is -1.29. The first-order chi connectivity index (χ1) is 9.54. The predicted octanol–water partition coefficient (Wildman–Crippen LogP) is 4.69. The lowest BCUT2D eigenvalue weighted by Crippen LogP contribution is -2.20. The van der Waals surface area contributed by atoms with Crippen LogP contribution in [0.4, 0.5) is 4.39 Å². The van der Waals surface area contributed by atoms with Gasteiger partial charge in [-0.25, -0.2) is 4.39 Å². The third-order valence-corrected chi connectivity index (χ3v) is 3.81. The Morgan fingerprint density at radius 3 is 2.45 bits per heavy atom. The SMILES string of the molecule is O[C@H]1CC(c2cc(Cl)ccc2F)Oc2ccc(Cl)cc21. The van der Waals surface area contributed by atoms with Crippen molar-refractivity contribution in [2.24, 2.45) is 0 Å². The zero-order valence-electron chi connectivity index (χ0n) is 10.3. The summed E-state index contributed by atoms with van der Waals surface area (Å²) in [5.41, 5.74) is 0.966. The Balaban J connectivity index is 1.99. The van der Waals surface area contributed by atoms with Crippen LogP contribution in [-0.4, -0.2) is 5.11 Å². The van der Waals surface area contributed by atoms with Crippen molar-refractivity contribution in [2.45, 2.75) is 18.6 Å². The fourth-order valence-electron chi connectivity index (χ4n) is 2.37. The van der Waals surface area contributed by atoms with Crippen LogP contribution in [0.1, 0.15) is 29.8 Å². The quantitative estimate of drug-likeness (QED) is 0.827. The fraction of sp³-hybridized carbons (Fsp3) is 0.200. The Kier molecular flexibility index (Phi) is 3.59. The zero-order chi connectivity index (χ0) is 14.3. The van der Waals surface area contributed by atoms with Gasteiger partial charge in [-0.1, -0.05) is 23.2 Å². The van der Waals surface area contributed by atoms with Gasteiger partial charge in [0.05, 0.1) is 6.10 Å². The highest BCUT2D eigenvalue weighted by molar-refractivity contribution is 6.31. The van der Waals surface area contributed by atoms with E-state index in [2.05, 4.69) is 0 Å². The minimum atomic E-state index is -0.749. The van der Waals surface area contributed by atoms with Crippen molar-refractivity contribution in [1.82, 2.24) is 0 Å². The lowest BCUT2D eigenvalue weighted by molar-refractivity contribution is 0.0640. The number of fused-ring (bicyclic) bond motifs is 1. The van der Waals surface area contributed by atoms with Crippen LogP contribution in [0.15, 0.2) is 36.4 Å². The normalized spacial score (nSPS) is 21.2. The van der Waals surface area contributed by atoms with Crippen molar-refractivity contribution >= 4 is 23.2 Å². The van der Waals surface area contributed by atoms with Crippen LogP contribution in [0, 0.1) is 5.82 Å². The summed E-state index contributed by atoms with van der Waals surface area (Å²) in [5.74, 6) is 0.113. The largest absolute Gasteiger partial charge is 0.485 e. The molecule has 1 N–H and O–H groups in total. The van der Waals surface area contributed by atoms with Crippen molar-refractivity contribution in [3.05, 3.63) is 63.4 Å². The van der Waals surface area contributed by atoms with E-state index >= 15 is 0 Å². The van der Waals surface area contributed by atoms with Crippen LogP contribution in [0.25, 0.3) is 0 Å². The monoisotopic (exact) mass is 312 g/mol. The second-order valence-corrected chi connectivity index (χ2v) is 5.58. The highest BCUT2D eigenvalue weighted by Gasteiger charge is 2.30. The lowest BCUT2D eigenvalue weighted by Gasteiger charge is -2.30. The molecule has 0 spiro atoms. The molecule has 0 saturated heterocycles. The second-order valence-electron chi connectivity index (χ2n) is 4.71. The maximum absolute atomic E-state index is 13.9. The van der Waals surface area contributed by atoms with Gasteiger partial charge in [-0.15, -0.1) is 0 Å². The van der Waals surface area contributed by atoms with E-state index in [1.54, 1.807) is 18.2 Å². The van der Waals surface area contributed by atoms with Crippen LogP contribution in [-0.2, 0) is 0 Å². The molecule has 2 atom stereocenters. The van der Waals surface area contributed by atoms with Gasteiger partial charge in [0.15, 0.2) is 0 Å². The predicted molar refractivity (Wildman–Crippen MR) is 75.8 cm³/mol. The van der Waals surface area contributed by atoms with E-state index in [0.29, 0.717) is 26.9 Å². The minimum Gasteiger partial charge on any atom is -0.485 e. The topological polar surface area (TPSA) is 29.5 Å². The number of hydrogen-bond acceptors (Lipinski definition) is 2. The number of ether oxygens (including phenoxy) is 1. The van der Waals surface area contributed by atoms with Crippen LogP contribution in [0.2, 0.25) is 10.0 Å². The number of benzene rings is 2. The van der Waals surface area contributed by atoms with Crippen LogP contribution < -0.4 is 4.74 Å². The Bertz CT molecular complexity index is 660. The summed E-state index contributed by atoms with van der Waals surface area (Å²) in [5, 5.41) is 11.1. The zero-order valence-corrected chi connectivity index (χ0v) is 11.8. The second kappa shape index (κ2) is 5.24. The Labute approximate surface area is 125 Å². The maximum atomic E-state index is 13.9. The molecule has 0 saturated carbocycles. The summed E-state index contributed by atoms with van der Waals surface area (Å²) in [7, 11) is 0. The van der Waals surface area contributed by atoms with Gasteiger partial charge in [0, 0.05) is 27.6 Å². The lowest BCUT2D eigenvalue weighted by atomic mass is 9.95. The molecule has 1 aliphatic rings. The average molecular weight is 313 g/mol. The summed E-state index contributed by atoms with van der Waals surface area (Å²) in [6, 6.07) is 9.30. The van der Waals surface area contributed by atoms with E-state index in [-0.39, 0.29) is 6.42 Å². The van der Waals surface area contributed by atoms with E-state index in [4.69, 9.17) is 27.9 Å². The highest BCUT2D eigenvalue weighted by Crippen LogP contribution is 2.42. The van der Waals surface area contributed by atoms with Crippen molar-refractivity contribution in [3.63, 3.8) is 0 Å². The first-order valence-corrected chi connectivity index (χ1v) is 6.89. The summed E-state index contributed by atoms with van der Waals surface area (Å²) >= 11 is 11.8. The number of aliphatic hydroxyl groups is 1. The molecular formula is C15H11Cl2FO2. The van der Waals surface area contributed by atoms with Crippen molar-refractivity contribution in [1.29, 1.82) is 0 Å². The molecule has 1 aliphatic heterocycles. The molecule has 0 radical (unpaired) electrons. The van der Waals surface area contributed by atoms with E-state index in [0.717, 1.165) is 0 Å². The van der Waals surface area contributed by atoms with Crippen LogP contribution in [0.5, 0.6) is 5.75 Å². The number of aliphatic hydroxyl groups excluding tert-OH is 1. The molecule has 3 rings (SSSR count). The van der Waals surface area contributed by atoms with Crippen molar-refractivity contribution in [3.8, 4) is 5.75 Å². The minimum absolute atomic E-state index is 0.255. The molecule has 0 aliphatic carbocycles. The van der Waals surface area contributed by atoms with E-state index < -0.39 is 18.0 Å². The van der Waals surface area contributed by atoms with Crippen LogP contribution >= 0.6 is 23.2 Å². The third kappa shape index (κ3) is 2.49. The van der Waals surface area contributed by atoms with Crippen LogP contribution in [0.3, 0.4) is 0 Å². The molecular weight excluding hydrogens is 302 g/mol. The maximum Gasteiger partial charge on any atom is 0.130 e.